The maximum Gasteiger partial charge on any atom is 0.155 e. The molecule has 1 aliphatic carbocycles. The van der Waals surface area contributed by atoms with Gasteiger partial charge in [-0.05, 0) is 83.1 Å². The third-order valence-corrected chi connectivity index (χ3v) is 7.55. The largest absolute Gasteiger partial charge is 0.499 e. The third kappa shape index (κ3) is 26.5. The lowest BCUT2D eigenvalue weighted by Crippen LogP contribution is -2.20. The molecule has 0 aromatic carbocycles. The molecule has 1 rings (SSSR count). The molecule has 0 aromatic rings. The summed E-state index contributed by atoms with van der Waals surface area (Å²) in [4.78, 5) is 32.8. The van der Waals surface area contributed by atoms with Gasteiger partial charge in [-0.2, -0.15) is 0 Å². The summed E-state index contributed by atoms with van der Waals surface area (Å²) in [6, 6.07) is 0. The van der Waals surface area contributed by atoms with Crippen LogP contribution in [0.2, 0.25) is 0 Å². The van der Waals surface area contributed by atoms with Gasteiger partial charge in [0.25, 0.3) is 0 Å². The molecule has 0 spiro atoms. The Labute approximate surface area is 250 Å². The van der Waals surface area contributed by atoms with Crippen molar-refractivity contribution in [3.05, 3.63) is 24.5 Å². The summed E-state index contributed by atoms with van der Waals surface area (Å²) in [5.74, 6) is 4.00. The maximum absolute atomic E-state index is 11.0. The zero-order valence-corrected chi connectivity index (χ0v) is 28.6. The fourth-order valence-corrected chi connectivity index (χ4v) is 4.58. The number of rotatable bonds is 15. The molecule has 0 saturated heterocycles. The highest BCUT2D eigenvalue weighted by Gasteiger charge is 2.22. The van der Waals surface area contributed by atoms with Gasteiger partial charge < -0.3 is 4.74 Å². The van der Waals surface area contributed by atoms with E-state index in [-0.39, 0.29) is 5.78 Å². The molecule has 40 heavy (non-hydrogen) atoms. The molecule has 0 heterocycles. The Morgan fingerprint density at radius 3 is 1.60 bits per heavy atom. The summed E-state index contributed by atoms with van der Waals surface area (Å²) in [5.41, 5.74) is 0.766. The first-order valence-electron chi connectivity index (χ1n) is 16.1. The summed E-state index contributed by atoms with van der Waals surface area (Å²) in [7, 11) is 0. The lowest BCUT2D eigenvalue weighted by Gasteiger charge is -2.25. The quantitative estimate of drug-likeness (QED) is 0.147. The molecule has 1 fully saturated rings. The van der Waals surface area contributed by atoms with Gasteiger partial charge in [0.15, 0.2) is 5.78 Å². The SMILES string of the molecule is C=C(C(C)=O)C(C)CCC.C=C(C)OCC(C)C.CC(=O)C(C)C1CCCCC1.CCCCC(CCC)C(C)=O. The number of carbonyl (C=O) groups is 3. The standard InChI is InChI=1S/C10H18O.C10H20O.C9H16O.C7H14O/c1-8(9(2)11)10-6-4-3-5-7-10;1-4-6-8-10(7-5-2)9(3)11;1-5-6-7(2)8(3)9(4)10;1-6(2)5-8-7(3)4/h8,10H,3-7H2,1-2H3;10H,4-8H2,1-3H3;7H,3,5-6H2,1-2,4H3;6H,3,5H2,1-2,4H3. The number of ether oxygens (including phenoxy) is 1. The fraction of sp³-hybridized carbons (Fsp3) is 0.806. The Hall–Kier alpha value is -1.71. The van der Waals surface area contributed by atoms with Crippen molar-refractivity contribution in [3.63, 3.8) is 0 Å². The van der Waals surface area contributed by atoms with Crippen LogP contribution in [0.1, 0.15) is 153 Å². The Kier molecular flexibility index (Phi) is 29.3. The Bertz CT molecular complexity index is 673. The average Bonchev–Trinajstić information content (AvgIpc) is 2.90. The Balaban J connectivity index is -0.000000460. The molecule has 0 amide bonds. The minimum absolute atomic E-state index is 0.126. The second kappa shape index (κ2) is 27.5. The summed E-state index contributed by atoms with van der Waals surface area (Å²) < 4.78 is 5.11. The van der Waals surface area contributed by atoms with Crippen molar-refractivity contribution < 1.29 is 19.1 Å². The van der Waals surface area contributed by atoms with Gasteiger partial charge in [-0.15, -0.1) is 0 Å². The van der Waals surface area contributed by atoms with Crippen LogP contribution in [0, 0.1) is 29.6 Å². The van der Waals surface area contributed by atoms with Crippen molar-refractivity contribution in [2.24, 2.45) is 29.6 Å². The molecule has 1 aliphatic rings. The van der Waals surface area contributed by atoms with Gasteiger partial charge >= 0.3 is 0 Å². The van der Waals surface area contributed by atoms with E-state index in [1.54, 1.807) is 20.8 Å². The molecular formula is C36H68O4. The normalized spacial score (nSPS) is 15.0. The highest BCUT2D eigenvalue weighted by atomic mass is 16.5. The van der Waals surface area contributed by atoms with Crippen molar-refractivity contribution in [3.8, 4) is 0 Å². The van der Waals surface area contributed by atoms with Crippen LogP contribution in [0.5, 0.6) is 0 Å². The predicted octanol–water partition coefficient (Wildman–Crippen LogP) is 10.7. The Morgan fingerprint density at radius 1 is 0.750 bits per heavy atom. The van der Waals surface area contributed by atoms with E-state index in [2.05, 4.69) is 54.7 Å². The zero-order chi connectivity index (χ0) is 31.7. The van der Waals surface area contributed by atoms with Gasteiger partial charge in [-0.1, -0.05) is 107 Å². The minimum Gasteiger partial charge on any atom is -0.499 e. The first-order chi connectivity index (χ1) is 18.7. The van der Waals surface area contributed by atoms with Crippen LogP contribution in [-0.2, 0) is 19.1 Å². The summed E-state index contributed by atoms with van der Waals surface area (Å²) >= 11 is 0. The van der Waals surface area contributed by atoms with Crippen LogP contribution in [0.3, 0.4) is 0 Å². The lowest BCUT2D eigenvalue weighted by atomic mass is 9.79. The monoisotopic (exact) mass is 565 g/mol. The molecule has 1 saturated carbocycles. The van der Waals surface area contributed by atoms with E-state index >= 15 is 0 Å². The van der Waals surface area contributed by atoms with Crippen LogP contribution in [-0.4, -0.2) is 24.0 Å². The van der Waals surface area contributed by atoms with E-state index in [4.69, 9.17) is 4.74 Å². The Morgan fingerprint density at radius 2 is 1.27 bits per heavy atom. The number of unbranched alkanes of at least 4 members (excludes halogenated alkanes) is 1. The van der Waals surface area contributed by atoms with E-state index in [0.717, 1.165) is 50.0 Å². The van der Waals surface area contributed by atoms with Gasteiger partial charge in [-0.3, -0.25) is 14.4 Å². The van der Waals surface area contributed by atoms with Gasteiger partial charge in [0.2, 0.25) is 0 Å². The molecule has 0 bridgehead atoms. The van der Waals surface area contributed by atoms with Crippen molar-refractivity contribution >= 4 is 17.3 Å². The molecule has 4 heteroatoms. The number of ketones is 3. The van der Waals surface area contributed by atoms with Crippen molar-refractivity contribution in [2.45, 2.75) is 153 Å². The van der Waals surface area contributed by atoms with Crippen molar-refractivity contribution in [2.75, 3.05) is 6.61 Å². The smallest absolute Gasteiger partial charge is 0.155 e. The first kappa shape index (κ1) is 42.8. The fourth-order valence-electron chi connectivity index (χ4n) is 4.58. The topological polar surface area (TPSA) is 60.4 Å². The van der Waals surface area contributed by atoms with E-state index in [0.29, 0.717) is 41.2 Å². The van der Waals surface area contributed by atoms with Crippen LogP contribution in [0.25, 0.3) is 0 Å². The van der Waals surface area contributed by atoms with Gasteiger partial charge in [0, 0.05) is 11.8 Å². The number of hydrogen-bond donors (Lipinski definition) is 0. The van der Waals surface area contributed by atoms with Crippen molar-refractivity contribution in [1.82, 2.24) is 0 Å². The number of allylic oxidation sites excluding steroid dienone is 2. The highest BCUT2D eigenvalue weighted by Crippen LogP contribution is 2.30. The summed E-state index contributed by atoms with van der Waals surface area (Å²) in [6.07, 6.45) is 14.5. The van der Waals surface area contributed by atoms with Crippen LogP contribution >= 0.6 is 0 Å². The van der Waals surface area contributed by atoms with E-state index in [1.165, 1.54) is 44.9 Å². The van der Waals surface area contributed by atoms with Crippen LogP contribution < -0.4 is 0 Å². The molecule has 0 aliphatic heterocycles. The predicted molar refractivity (Wildman–Crippen MR) is 175 cm³/mol. The second-order valence-electron chi connectivity index (χ2n) is 12.2. The minimum atomic E-state index is 0.126. The van der Waals surface area contributed by atoms with Crippen LogP contribution in [0.4, 0.5) is 0 Å². The summed E-state index contributed by atoms with van der Waals surface area (Å²) in [6.45, 7) is 29.8. The maximum atomic E-state index is 11.0. The van der Waals surface area contributed by atoms with Crippen LogP contribution in [0.15, 0.2) is 24.5 Å². The first-order valence-corrected chi connectivity index (χ1v) is 16.1. The van der Waals surface area contributed by atoms with Crippen molar-refractivity contribution in [1.29, 1.82) is 0 Å². The molecule has 4 nitrogen and oxygen atoms in total. The second-order valence-corrected chi connectivity index (χ2v) is 12.2. The zero-order valence-electron chi connectivity index (χ0n) is 28.6. The van der Waals surface area contributed by atoms with Gasteiger partial charge in [0.1, 0.15) is 11.6 Å². The molecule has 0 aromatic heterocycles. The number of carbonyl (C=O) groups excluding carboxylic acids is 3. The third-order valence-electron chi connectivity index (χ3n) is 7.55. The molecule has 0 N–H and O–H groups in total. The molecule has 3 unspecified atom stereocenters. The average molecular weight is 565 g/mol. The molecule has 3 atom stereocenters. The van der Waals surface area contributed by atoms with Gasteiger partial charge in [-0.25, -0.2) is 0 Å². The lowest BCUT2D eigenvalue weighted by molar-refractivity contribution is -0.122. The molecule has 236 valence electrons. The van der Waals surface area contributed by atoms with E-state index in [9.17, 15) is 14.4 Å². The van der Waals surface area contributed by atoms with Gasteiger partial charge in [0.05, 0.1) is 12.4 Å². The number of Topliss-reactive ketones (excluding diaryl/α,β-unsaturated/α-hetero) is 3. The molecular weight excluding hydrogens is 496 g/mol. The highest BCUT2D eigenvalue weighted by molar-refractivity contribution is 5.92. The molecule has 0 radical (unpaired) electrons. The van der Waals surface area contributed by atoms with E-state index in [1.807, 2.05) is 13.8 Å². The summed E-state index contributed by atoms with van der Waals surface area (Å²) in [5, 5.41) is 0. The van der Waals surface area contributed by atoms with E-state index < -0.39 is 0 Å². The number of hydrogen-bond acceptors (Lipinski definition) is 4.